The van der Waals surface area contributed by atoms with Crippen molar-refractivity contribution in [1.82, 2.24) is 0 Å². The molecule has 0 radical (unpaired) electrons. The fourth-order valence-electron chi connectivity index (χ4n) is 3.54. The summed E-state index contributed by atoms with van der Waals surface area (Å²) in [5.74, 6) is 9.89. The average molecular weight is 325 g/mol. The Kier molecular flexibility index (Phi) is 7.67. The van der Waals surface area contributed by atoms with Gasteiger partial charge in [0, 0.05) is 17.5 Å². The van der Waals surface area contributed by atoms with Gasteiger partial charge in [0.1, 0.15) is 8.07 Å². The van der Waals surface area contributed by atoms with Gasteiger partial charge in [0.05, 0.1) is 0 Å². The van der Waals surface area contributed by atoms with E-state index in [2.05, 4.69) is 96.0 Å². The van der Waals surface area contributed by atoms with Crippen molar-refractivity contribution in [3.05, 3.63) is 35.4 Å². The van der Waals surface area contributed by atoms with Crippen LogP contribution in [0.15, 0.2) is 24.3 Å². The van der Waals surface area contributed by atoms with Crippen molar-refractivity contribution < 1.29 is 0 Å². The van der Waals surface area contributed by atoms with Crippen LogP contribution in [0.4, 0.5) is 0 Å². The molecule has 0 heterocycles. The van der Waals surface area contributed by atoms with Crippen LogP contribution in [-0.4, -0.2) is 8.07 Å². The molecule has 0 bridgehead atoms. The van der Waals surface area contributed by atoms with Crippen LogP contribution in [-0.2, 0) is 0 Å². The molecule has 0 saturated carbocycles. The highest BCUT2D eigenvalue weighted by molar-refractivity contribution is 6.90. The standard InChI is InChI=1S/C22H32Si/c1-8-9-10-11-21-12-14-22(15-13-21)16-17-23(18(2)3,19(4)5)20(6)7/h12-15,18-20H,8-9H2,1-7H3. The average Bonchev–Trinajstić information content (AvgIpc) is 2.48. The minimum absolute atomic E-state index is 0.675. The maximum atomic E-state index is 3.77. The summed E-state index contributed by atoms with van der Waals surface area (Å²) in [7, 11) is -1.64. The molecule has 0 aromatic heterocycles. The van der Waals surface area contributed by atoms with Gasteiger partial charge in [-0.15, -0.1) is 5.54 Å². The fraction of sp³-hybridized carbons (Fsp3) is 0.545. The smallest absolute Gasteiger partial charge is 0.125 e. The van der Waals surface area contributed by atoms with Crippen LogP contribution in [0.3, 0.4) is 0 Å². The van der Waals surface area contributed by atoms with Gasteiger partial charge < -0.3 is 0 Å². The molecule has 0 N–H and O–H groups in total. The molecule has 0 amide bonds. The van der Waals surface area contributed by atoms with Crippen molar-refractivity contribution >= 4 is 8.07 Å². The van der Waals surface area contributed by atoms with E-state index in [1.165, 1.54) is 0 Å². The predicted octanol–water partition coefficient (Wildman–Crippen LogP) is 6.41. The molecule has 0 unspecified atom stereocenters. The van der Waals surface area contributed by atoms with Crippen molar-refractivity contribution in [2.75, 3.05) is 0 Å². The maximum Gasteiger partial charge on any atom is 0.146 e. The summed E-state index contributed by atoms with van der Waals surface area (Å²) in [5, 5.41) is 0. The zero-order valence-corrected chi connectivity index (χ0v) is 17.0. The molecule has 1 heteroatoms. The summed E-state index contributed by atoms with van der Waals surface area (Å²) in [6, 6.07) is 8.41. The maximum absolute atomic E-state index is 3.77. The van der Waals surface area contributed by atoms with Crippen molar-refractivity contribution in [1.29, 1.82) is 0 Å². The van der Waals surface area contributed by atoms with Crippen LogP contribution < -0.4 is 0 Å². The van der Waals surface area contributed by atoms with E-state index < -0.39 is 8.07 Å². The molecule has 0 aliphatic rings. The van der Waals surface area contributed by atoms with Crippen molar-refractivity contribution in [3.63, 3.8) is 0 Å². The molecule has 1 aromatic rings. The number of hydrogen-bond donors (Lipinski definition) is 0. The molecule has 0 saturated heterocycles. The minimum Gasteiger partial charge on any atom is -0.125 e. The van der Waals surface area contributed by atoms with Crippen molar-refractivity contribution in [2.45, 2.75) is 77.9 Å². The molecule has 0 aliphatic heterocycles. The molecule has 124 valence electrons. The summed E-state index contributed by atoms with van der Waals surface area (Å²) in [6.45, 7) is 16.3. The third kappa shape index (κ3) is 5.02. The Morgan fingerprint density at radius 3 is 1.61 bits per heavy atom. The van der Waals surface area contributed by atoms with Crippen LogP contribution in [0.1, 0.15) is 72.4 Å². The van der Waals surface area contributed by atoms with Gasteiger partial charge in [-0.1, -0.05) is 66.2 Å². The van der Waals surface area contributed by atoms with Gasteiger partial charge in [0.2, 0.25) is 0 Å². The number of benzene rings is 1. The van der Waals surface area contributed by atoms with E-state index >= 15 is 0 Å². The Morgan fingerprint density at radius 1 is 0.783 bits per heavy atom. The van der Waals surface area contributed by atoms with Crippen LogP contribution in [0.5, 0.6) is 0 Å². The Balaban J connectivity index is 3.07. The lowest BCUT2D eigenvalue weighted by Crippen LogP contribution is -2.43. The number of rotatable bonds is 4. The highest BCUT2D eigenvalue weighted by Gasteiger charge is 2.41. The summed E-state index contributed by atoms with van der Waals surface area (Å²) in [5.41, 5.74) is 8.00. The van der Waals surface area contributed by atoms with Gasteiger partial charge in [-0.25, -0.2) is 0 Å². The van der Waals surface area contributed by atoms with Crippen molar-refractivity contribution in [3.8, 4) is 23.3 Å². The Labute approximate surface area is 145 Å². The Hall–Kier alpha value is -1.44. The molecule has 0 aliphatic carbocycles. The molecular formula is C22H32Si. The lowest BCUT2D eigenvalue weighted by atomic mass is 10.1. The molecule has 0 nitrogen and oxygen atoms in total. The van der Waals surface area contributed by atoms with Crippen molar-refractivity contribution in [2.24, 2.45) is 0 Å². The minimum atomic E-state index is -1.64. The van der Waals surface area contributed by atoms with Crippen LogP contribution in [0, 0.1) is 23.3 Å². The summed E-state index contributed by atoms with van der Waals surface area (Å²) in [4.78, 5) is 0. The van der Waals surface area contributed by atoms with E-state index in [0.29, 0.717) is 16.6 Å². The highest BCUT2D eigenvalue weighted by atomic mass is 28.3. The first-order valence-electron chi connectivity index (χ1n) is 8.96. The van der Waals surface area contributed by atoms with Gasteiger partial charge in [-0.3, -0.25) is 0 Å². The molecule has 1 rings (SSSR count). The van der Waals surface area contributed by atoms with E-state index in [0.717, 1.165) is 24.0 Å². The number of unbranched alkanes of at least 4 members (excludes halogenated alkanes) is 1. The monoisotopic (exact) mass is 324 g/mol. The second-order valence-corrected chi connectivity index (χ2v) is 12.9. The Bertz CT molecular complexity index is 576. The second kappa shape index (κ2) is 9.00. The lowest BCUT2D eigenvalue weighted by Gasteiger charge is -2.38. The first kappa shape index (κ1) is 19.6. The molecular weight excluding hydrogens is 292 g/mol. The molecule has 0 fully saturated rings. The lowest BCUT2D eigenvalue weighted by molar-refractivity contribution is 0.838. The zero-order valence-electron chi connectivity index (χ0n) is 16.0. The van der Waals surface area contributed by atoms with Gasteiger partial charge in [0.15, 0.2) is 0 Å². The summed E-state index contributed by atoms with van der Waals surface area (Å²) in [6.07, 6.45) is 2.08. The SMILES string of the molecule is CCCC#Cc1ccc(C#C[Si](C(C)C)(C(C)C)C(C)C)cc1. The van der Waals surface area contributed by atoms with Crippen LogP contribution in [0.25, 0.3) is 0 Å². The topological polar surface area (TPSA) is 0 Å². The molecule has 1 aromatic carbocycles. The van der Waals surface area contributed by atoms with Gasteiger partial charge in [0.25, 0.3) is 0 Å². The van der Waals surface area contributed by atoms with Gasteiger partial charge in [-0.2, -0.15) is 0 Å². The Morgan fingerprint density at radius 2 is 1.22 bits per heavy atom. The summed E-state index contributed by atoms with van der Waals surface area (Å²) < 4.78 is 0. The first-order chi connectivity index (χ1) is 10.8. The molecule has 0 atom stereocenters. The fourth-order valence-corrected chi connectivity index (χ4v) is 8.77. The predicted molar refractivity (Wildman–Crippen MR) is 106 cm³/mol. The zero-order chi connectivity index (χ0) is 17.5. The normalized spacial score (nSPS) is 11.2. The van der Waals surface area contributed by atoms with Gasteiger partial charge >= 0.3 is 0 Å². The van der Waals surface area contributed by atoms with E-state index in [1.54, 1.807) is 0 Å². The van der Waals surface area contributed by atoms with E-state index in [-0.39, 0.29) is 0 Å². The van der Waals surface area contributed by atoms with Crippen LogP contribution >= 0.6 is 0 Å². The van der Waals surface area contributed by atoms with Gasteiger partial charge in [-0.05, 0) is 47.3 Å². The second-order valence-electron chi connectivity index (χ2n) is 7.28. The van der Waals surface area contributed by atoms with E-state index in [1.807, 2.05) is 0 Å². The van der Waals surface area contributed by atoms with Crippen LogP contribution in [0.2, 0.25) is 16.6 Å². The quantitative estimate of drug-likeness (QED) is 0.443. The first-order valence-corrected chi connectivity index (χ1v) is 11.2. The van der Waals surface area contributed by atoms with E-state index in [9.17, 15) is 0 Å². The summed E-state index contributed by atoms with van der Waals surface area (Å²) >= 11 is 0. The molecule has 0 spiro atoms. The third-order valence-corrected chi connectivity index (χ3v) is 11.1. The molecule has 23 heavy (non-hydrogen) atoms. The number of hydrogen-bond acceptors (Lipinski definition) is 0. The van der Waals surface area contributed by atoms with E-state index in [4.69, 9.17) is 0 Å². The largest absolute Gasteiger partial charge is 0.146 e. The third-order valence-electron chi connectivity index (χ3n) is 4.78. The highest BCUT2D eigenvalue weighted by Crippen LogP contribution is 2.40.